The number of hydrogen-bond acceptors (Lipinski definition) is 5. The topological polar surface area (TPSA) is 78.9 Å². The quantitative estimate of drug-likeness (QED) is 0.781. The van der Waals surface area contributed by atoms with E-state index in [2.05, 4.69) is 15.5 Å². The zero-order chi connectivity index (χ0) is 13.8. The molecule has 0 radical (unpaired) electrons. The highest BCUT2D eigenvalue weighted by Gasteiger charge is 2.06. The lowest BCUT2D eigenvalue weighted by Crippen LogP contribution is -2.07. The molecule has 6 heteroatoms. The van der Waals surface area contributed by atoms with Crippen LogP contribution in [-0.2, 0) is 6.54 Å². The van der Waals surface area contributed by atoms with E-state index in [9.17, 15) is 0 Å². The van der Waals surface area contributed by atoms with Crippen LogP contribution in [0.4, 0.5) is 0 Å². The van der Waals surface area contributed by atoms with Crippen LogP contribution in [0.15, 0.2) is 54.6 Å². The van der Waals surface area contributed by atoms with Crippen LogP contribution >= 0.6 is 0 Å². The van der Waals surface area contributed by atoms with Crippen molar-refractivity contribution < 1.29 is 4.74 Å². The molecular formula is C14H13N5O. The summed E-state index contributed by atoms with van der Waals surface area (Å²) in [6.07, 6.45) is 0. The molecule has 0 unspecified atom stereocenters. The van der Waals surface area contributed by atoms with Crippen LogP contribution in [0, 0.1) is 0 Å². The summed E-state index contributed by atoms with van der Waals surface area (Å²) in [4.78, 5) is 0. The molecule has 1 heterocycles. The third-order valence-corrected chi connectivity index (χ3v) is 2.78. The van der Waals surface area contributed by atoms with Gasteiger partial charge < -0.3 is 10.5 Å². The van der Waals surface area contributed by atoms with Gasteiger partial charge in [-0.05, 0) is 46.8 Å². The molecule has 0 spiro atoms. The molecule has 0 amide bonds. The summed E-state index contributed by atoms with van der Waals surface area (Å²) < 4.78 is 7.33. The van der Waals surface area contributed by atoms with Crippen LogP contribution in [0.5, 0.6) is 11.5 Å². The van der Waals surface area contributed by atoms with Crippen molar-refractivity contribution in [3.8, 4) is 17.2 Å². The van der Waals surface area contributed by atoms with Gasteiger partial charge in [-0.2, -0.15) is 4.68 Å². The van der Waals surface area contributed by atoms with Gasteiger partial charge in [0.1, 0.15) is 11.5 Å². The first-order chi connectivity index (χ1) is 9.86. The number of benzene rings is 2. The highest BCUT2D eigenvalue weighted by Crippen LogP contribution is 2.22. The second kappa shape index (κ2) is 5.50. The molecule has 2 N–H and O–H groups in total. The molecule has 0 saturated carbocycles. The molecule has 3 aromatic rings. The number of ether oxygens (including phenoxy) is 1. The molecule has 0 bridgehead atoms. The molecule has 100 valence electrons. The number of tetrazole rings is 1. The van der Waals surface area contributed by atoms with Gasteiger partial charge in [-0.15, -0.1) is 5.10 Å². The van der Waals surface area contributed by atoms with Gasteiger partial charge in [0.05, 0.1) is 12.2 Å². The number of hydrogen-bond donors (Lipinski definition) is 1. The molecule has 6 nitrogen and oxygen atoms in total. The lowest BCUT2D eigenvalue weighted by atomic mass is 10.3. The van der Waals surface area contributed by atoms with Gasteiger partial charge in [0.15, 0.2) is 5.82 Å². The third-order valence-electron chi connectivity index (χ3n) is 2.78. The Morgan fingerprint density at radius 3 is 2.35 bits per heavy atom. The Labute approximate surface area is 115 Å². The smallest absolute Gasteiger partial charge is 0.170 e. The SMILES string of the molecule is NCc1nnnn1-c1ccc(Oc2ccccc2)cc1. The molecule has 0 saturated heterocycles. The summed E-state index contributed by atoms with van der Waals surface area (Å²) in [7, 11) is 0. The van der Waals surface area contributed by atoms with Crippen molar-refractivity contribution in [2.24, 2.45) is 5.73 Å². The van der Waals surface area contributed by atoms with Crippen molar-refractivity contribution in [1.29, 1.82) is 0 Å². The normalized spacial score (nSPS) is 10.4. The number of rotatable bonds is 4. The van der Waals surface area contributed by atoms with Crippen LogP contribution in [-0.4, -0.2) is 20.2 Å². The Kier molecular flexibility index (Phi) is 3.38. The minimum atomic E-state index is 0.287. The first-order valence-corrected chi connectivity index (χ1v) is 6.17. The van der Waals surface area contributed by atoms with Gasteiger partial charge in [-0.3, -0.25) is 0 Å². The average Bonchev–Trinajstić information content (AvgIpc) is 2.98. The first-order valence-electron chi connectivity index (χ1n) is 6.17. The minimum Gasteiger partial charge on any atom is -0.457 e. The molecule has 0 fully saturated rings. The fraction of sp³-hybridized carbons (Fsp3) is 0.0714. The van der Waals surface area contributed by atoms with E-state index in [1.54, 1.807) is 4.68 Å². The van der Waals surface area contributed by atoms with Gasteiger partial charge in [-0.25, -0.2) is 0 Å². The Balaban J connectivity index is 1.81. The van der Waals surface area contributed by atoms with Crippen molar-refractivity contribution >= 4 is 0 Å². The molecule has 0 aliphatic rings. The van der Waals surface area contributed by atoms with Crippen LogP contribution in [0.2, 0.25) is 0 Å². The van der Waals surface area contributed by atoms with Crippen molar-refractivity contribution in [3.63, 3.8) is 0 Å². The maximum Gasteiger partial charge on any atom is 0.170 e. The highest BCUT2D eigenvalue weighted by atomic mass is 16.5. The molecule has 3 rings (SSSR count). The Bertz CT molecular complexity index is 678. The maximum absolute atomic E-state index is 5.72. The van der Waals surface area contributed by atoms with Crippen molar-refractivity contribution in [1.82, 2.24) is 20.2 Å². The minimum absolute atomic E-state index is 0.287. The predicted molar refractivity (Wildman–Crippen MR) is 73.6 cm³/mol. The number of aromatic nitrogens is 4. The molecule has 2 aromatic carbocycles. The van der Waals surface area contributed by atoms with Crippen molar-refractivity contribution in [3.05, 3.63) is 60.4 Å². The summed E-state index contributed by atoms with van der Waals surface area (Å²) >= 11 is 0. The second-order valence-electron chi connectivity index (χ2n) is 4.12. The van der Waals surface area contributed by atoms with Crippen molar-refractivity contribution in [2.75, 3.05) is 0 Å². The van der Waals surface area contributed by atoms with E-state index in [0.29, 0.717) is 5.82 Å². The van der Waals surface area contributed by atoms with E-state index in [-0.39, 0.29) is 6.54 Å². The van der Waals surface area contributed by atoms with E-state index >= 15 is 0 Å². The number of para-hydroxylation sites is 1. The summed E-state index contributed by atoms with van der Waals surface area (Å²) in [6.45, 7) is 0.287. The maximum atomic E-state index is 5.72. The Hall–Kier alpha value is -2.73. The van der Waals surface area contributed by atoms with Gasteiger partial charge in [0.25, 0.3) is 0 Å². The van der Waals surface area contributed by atoms with E-state index < -0.39 is 0 Å². The van der Waals surface area contributed by atoms with Crippen LogP contribution in [0.1, 0.15) is 5.82 Å². The van der Waals surface area contributed by atoms with Crippen LogP contribution in [0.25, 0.3) is 5.69 Å². The van der Waals surface area contributed by atoms with E-state index in [0.717, 1.165) is 17.2 Å². The van der Waals surface area contributed by atoms with E-state index in [1.165, 1.54) is 0 Å². The predicted octanol–water partition coefficient (Wildman–Crippen LogP) is 1.91. The number of nitrogens with zero attached hydrogens (tertiary/aromatic N) is 4. The fourth-order valence-corrected chi connectivity index (χ4v) is 1.81. The molecule has 0 atom stereocenters. The standard InChI is InChI=1S/C14H13N5O/c15-10-14-16-17-18-19(14)11-6-8-13(9-7-11)20-12-4-2-1-3-5-12/h1-9H,10,15H2. The fourth-order valence-electron chi connectivity index (χ4n) is 1.81. The van der Waals surface area contributed by atoms with Gasteiger partial charge in [0, 0.05) is 0 Å². The van der Waals surface area contributed by atoms with Crippen LogP contribution in [0.3, 0.4) is 0 Å². The van der Waals surface area contributed by atoms with Crippen molar-refractivity contribution in [2.45, 2.75) is 6.54 Å². The zero-order valence-corrected chi connectivity index (χ0v) is 10.7. The lowest BCUT2D eigenvalue weighted by molar-refractivity contribution is 0.482. The molecule has 1 aromatic heterocycles. The highest BCUT2D eigenvalue weighted by molar-refractivity contribution is 5.39. The average molecular weight is 267 g/mol. The summed E-state index contributed by atoms with van der Waals surface area (Å²) in [5, 5.41) is 11.4. The Morgan fingerprint density at radius 2 is 1.65 bits per heavy atom. The van der Waals surface area contributed by atoms with E-state index in [4.69, 9.17) is 10.5 Å². The largest absolute Gasteiger partial charge is 0.457 e. The summed E-state index contributed by atoms with van der Waals surface area (Å²) in [5.41, 5.74) is 6.42. The zero-order valence-electron chi connectivity index (χ0n) is 10.7. The van der Waals surface area contributed by atoms with Gasteiger partial charge >= 0.3 is 0 Å². The molecule has 0 aliphatic heterocycles. The molecule has 20 heavy (non-hydrogen) atoms. The molecular weight excluding hydrogens is 254 g/mol. The van der Waals surface area contributed by atoms with E-state index in [1.807, 2.05) is 54.6 Å². The van der Waals surface area contributed by atoms with Crippen LogP contribution < -0.4 is 10.5 Å². The summed E-state index contributed by atoms with van der Waals surface area (Å²) in [5.74, 6) is 2.16. The monoisotopic (exact) mass is 267 g/mol. The van der Waals surface area contributed by atoms with Gasteiger partial charge in [0.2, 0.25) is 0 Å². The number of nitrogens with two attached hydrogens (primary N) is 1. The van der Waals surface area contributed by atoms with Gasteiger partial charge in [-0.1, -0.05) is 18.2 Å². The summed E-state index contributed by atoms with van der Waals surface area (Å²) in [6, 6.07) is 17.1. The second-order valence-corrected chi connectivity index (χ2v) is 4.12. The molecule has 0 aliphatic carbocycles. The first kappa shape index (κ1) is 12.3. The third kappa shape index (κ3) is 2.50. The Morgan fingerprint density at radius 1 is 0.950 bits per heavy atom. The lowest BCUT2D eigenvalue weighted by Gasteiger charge is -2.07.